The second kappa shape index (κ2) is 9.36. The minimum Gasteiger partial charge on any atom is -0.444 e. The summed E-state index contributed by atoms with van der Waals surface area (Å²) in [5, 5.41) is 0. The molecule has 0 unspecified atom stereocenters. The number of nitrogens with one attached hydrogen (secondary N) is 1. The molecule has 1 amide bonds. The smallest absolute Gasteiger partial charge is 0.341 e. The standard InChI is InChI=1S/C20H24N2O5S/c1-4-22(5-2)19(23)18(15-11-7-6-8-12-15)27-20(24)16-13-9-10-14-17(16)21-28(3,25)26/h6-14,18,21H,4-5H2,1-3H3/t18-/m0/s1. The number of esters is 1. The van der Waals surface area contributed by atoms with Crippen molar-refractivity contribution in [3.63, 3.8) is 0 Å². The van der Waals surface area contributed by atoms with Crippen LogP contribution in [0.5, 0.6) is 0 Å². The van der Waals surface area contributed by atoms with E-state index in [1.165, 1.54) is 12.1 Å². The fraction of sp³-hybridized carbons (Fsp3) is 0.300. The first kappa shape index (κ1) is 21.4. The lowest BCUT2D eigenvalue weighted by molar-refractivity contribution is -0.140. The highest BCUT2D eigenvalue weighted by atomic mass is 32.2. The highest BCUT2D eigenvalue weighted by Gasteiger charge is 2.29. The van der Waals surface area contributed by atoms with Gasteiger partial charge in [-0.15, -0.1) is 0 Å². The second-order valence-corrected chi connectivity index (χ2v) is 7.87. The zero-order valence-corrected chi connectivity index (χ0v) is 16.9. The molecule has 28 heavy (non-hydrogen) atoms. The van der Waals surface area contributed by atoms with E-state index in [-0.39, 0.29) is 17.2 Å². The topological polar surface area (TPSA) is 92.8 Å². The van der Waals surface area contributed by atoms with E-state index in [9.17, 15) is 18.0 Å². The Kier molecular flexibility index (Phi) is 7.17. The van der Waals surface area contributed by atoms with Gasteiger partial charge in [-0.05, 0) is 26.0 Å². The molecular formula is C20H24N2O5S. The van der Waals surface area contributed by atoms with Crippen LogP contribution >= 0.6 is 0 Å². The summed E-state index contributed by atoms with van der Waals surface area (Å²) in [7, 11) is -3.58. The molecule has 0 radical (unpaired) electrons. The Hall–Kier alpha value is -2.87. The molecule has 2 aromatic carbocycles. The molecular weight excluding hydrogens is 380 g/mol. The van der Waals surface area contributed by atoms with E-state index in [1.807, 2.05) is 13.8 Å². The lowest BCUT2D eigenvalue weighted by atomic mass is 10.1. The van der Waals surface area contributed by atoms with Crippen LogP contribution in [0.2, 0.25) is 0 Å². The van der Waals surface area contributed by atoms with Gasteiger partial charge < -0.3 is 9.64 Å². The van der Waals surface area contributed by atoms with Gasteiger partial charge in [-0.1, -0.05) is 42.5 Å². The number of likely N-dealkylation sites (N-methyl/N-ethyl adjacent to an activating group) is 1. The van der Waals surface area contributed by atoms with Crippen molar-refractivity contribution in [3.8, 4) is 0 Å². The fourth-order valence-corrected chi connectivity index (χ4v) is 3.29. The molecule has 0 aliphatic rings. The van der Waals surface area contributed by atoms with E-state index in [0.29, 0.717) is 18.7 Å². The molecule has 0 aromatic heterocycles. The Morgan fingerprint density at radius 3 is 2.14 bits per heavy atom. The van der Waals surface area contributed by atoms with Gasteiger partial charge in [0.2, 0.25) is 16.1 Å². The third kappa shape index (κ3) is 5.56. The summed E-state index contributed by atoms with van der Waals surface area (Å²) in [6, 6.07) is 14.8. The number of amides is 1. The molecule has 0 aliphatic carbocycles. The summed E-state index contributed by atoms with van der Waals surface area (Å²) in [5.74, 6) is -1.13. The summed E-state index contributed by atoms with van der Waals surface area (Å²) >= 11 is 0. The van der Waals surface area contributed by atoms with Gasteiger partial charge in [-0.25, -0.2) is 13.2 Å². The minimum absolute atomic E-state index is 0.0289. The number of carbonyl (C=O) groups is 2. The van der Waals surface area contributed by atoms with E-state index in [1.54, 1.807) is 47.4 Å². The van der Waals surface area contributed by atoms with Gasteiger partial charge >= 0.3 is 5.97 Å². The maximum atomic E-state index is 12.9. The molecule has 2 aromatic rings. The first-order chi connectivity index (χ1) is 13.3. The number of ether oxygens (including phenoxy) is 1. The summed E-state index contributed by atoms with van der Waals surface area (Å²) in [6.45, 7) is 4.64. The van der Waals surface area contributed by atoms with Crippen molar-refractivity contribution < 1.29 is 22.7 Å². The molecule has 1 atom stereocenters. The summed E-state index contributed by atoms with van der Waals surface area (Å²) in [4.78, 5) is 27.3. The predicted octanol–water partition coefficient (Wildman–Crippen LogP) is 2.82. The maximum absolute atomic E-state index is 12.9. The number of benzene rings is 2. The van der Waals surface area contributed by atoms with Crippen molar-refractivity contribution in [2.24, 2.45) is 0 Å². The van der Waals surface area contributed by atoms with Crippen molar-refractivity contribution in [1.82, 2.24) is 4.90 Å². The summed E-state index contributed by atoms with van der Waals surface area (Å²) in [5.41, 5.74) is 0.666. The maximum Gasteiger partial charge on any atom is 0.341 e. The molecule has 0 spiro atoms. The zero-order chi connectivity index (χ0) is 20.7. The third-order valence-electron chi connectivity index (χ3n) is 4.07. The fourth-order valence-electron chi connectivity index (χ4n) is 2.71. The molecule has 1 N–H and O–H groups in total. The van der Waals surface area contributed by atoms with Crippen LogP contribution in [0.3, 0.4) is 0 Å². The van der Waals surface area contributed by atoms with E-state index in [0.717, 1.165) is 6.26 Å². The van der Waals surface area contributed by atoms with Crippen LogP contribution in [0.25, 0.3) is 0 Å². The van der Waals surface area contributed by atoms with Crippen LogP contribution in [0, 0.1) is 0 Å². The van der Waals surface area contributed by atoms with E-state index in [2.05, 4.69) is 4.72 Å². The van der Waals surface area contributed by atoms with Crippen molar-refractivity contribution >= 4 is 27.6 Å². The number of nitrogens with zero attached hydrogens (tertiary/aromatic N) is 1. The quantitative estimate of drug-likeness (QED) is 0.683. The largest absolute Gasteiger partial charge is 0.444 e. The van der Waals surface area contributed by atoms with Gasteiger partial charge in [-0.3, -0.25) is 9.52 Å². The monoisotopic (exact) mass is 404 g/mol. The van der Waals surface area contributed by atoms with Crippen molar-refractivity contribution in [2.45, 2.75) is 20.0 Å². The molecule has 8 heteroatoms. The number of hydrogen-bond acceptors (Lipinski definition) is 5. The molecule has 150 valence electrons. The third-order valence-corrected chi connectivity index (χ3v) is 4.66. The Bertz CT molecular complexity index is 925. The van der Waals surface area contributed by atoms with E-state index >= 15 is 0 Å². The second-order valence-electron chi connectivity index (χ2n) is 6.13. The Balaban J connectivity index is 2.37. The van der Waals surface area contributed by atoms with E-state index in [4.69, 9.17) is 4.74 Å². The molecule has 0 saturated heterocycles. The number of rotatable bonds is 8. The Morgan fingerprint density at radius 1 is 1.00 bits per heavy atom. The Morgan fingerprint density at radius 2 is 1.57 bits per heavy atom. The zero-order valence-electron chi connectivity index (χ0n) is 16.1. The minimum atomic E-state index is -3.58. The Labute approximate surface area is 165 Å². The highest BCUT2D eigenvalue weighted by Crippen LogP contribution is 2.25. The number of sulfonamides is 1. The molecule has 0 heterocycles. The molecule has 2 rings (SSSR count). The number of carbonyl (C=O) groups excluding carboxylic acids is 2. The highest BCUT2D eigenvalue weighted by molar-refractivity contribution is 7.92. The van der Waals surface area contributed by atoms with Crippen molar-refractivity contribution in [2.75, 3.05) is 24.1 Å². The van der Waals surface area contributed by atoms with Crippen molar-refractivity contribution in [1.29, 1.82) is 0 Å². The average molecular weight is 404 g/mol. The first-order valence-electron chi connectivity index (χ1n) is 8.88. The van der Waals surface area contributed by atoms with Gasteiger partial charge in [0.25, 0.3) is 5.91 Å². The number of hydrogen-bond donors (Lipinski definition) is 1. The van der Waals surface area contributed by atoms with Crippen LogP contribution in [0.15, 0.2) is 54.6 Å². The molecule has 0 bridgehead atoms. The predicted molar refractivity (Wildman–Crippen MR) is 107 cm³/mol. The summed E-state index contributed by atoms with van der Waals surface area (Å²) in [6.07, 6.45) is -0.133. The van der Waals surface area contributed by atoms with Gasteiger partial charge in [-0.2, -0.15) is 0 Å². The van der Waals surface area contributed by atoms with Gasteiger partial charge in [0.1, 0.15) is 0 Å². The van der Waals surface area contributed by atoms with Crippen LogP contribution in [0.4, 0.5) is 5.69 Å². The van der Waals surface area contributed by atoms with Crippen LogP contribution in [0.1, 0.15) is 35.9 Å². The van der Waals surface area contributed by atoms with Gasteiger partial charge in [0, 0.05) is 18.7 Å². The van der Waals surface area contributed by atoms with E-state index < -0.39 is 22.1 Å². The first-order valence-corrected chi connectivity index (χ1v) is 10.8. The van der Waals surface area contributed by atoms with Crippen LogP contribution in [-0.4, -0.2) is 44.5 Å². The number of para-hydroxylation sites is 1. The number of anilines is 1. The molecule has 0 aliphatic heterocycles. The van der Waals surface area contributed by atoms with Crippen molar-refractivity contribution in [3.05, 3.63) is 65.7 Å². The van der Waals surface area contributed by atoms with Crippen LogP contribution in [-0.2, 0) is 19.6 Å². The average Bonchev–Trinajstić information content (AvgIpc) is 2.66. The summed E-state index contributed by atoms with van der Waals surface area (Å²) < 4.78 is 31.0. The SMILES string of the molecule is CCN(CC)C(=O)[C@@H](OC(=O)c1ccccc1NS(C)(=O)=O)c1ccccc1. The molecule has 0 fully saturated rings. The molecule has 7 nitrogen and oxygen atoms in total. The van der Waals surface area contributed by atoms with Gasteiger partial charge in [0.15, 0.2) is 0 Å². The lowest BCUT2D eigenvalue weighted by Gasteiger charge is -2.25. The normalized spacial score (nSPS) is 12.1. The van der Waals surface area contributed by atoms with Crippen LogP contribution < -0.4 is 4.72 Å². The lowest BCUT2D eigenvalue weighted by Crippen LogP contribution is -2.36. The molecule has 0 saturated carbocycles. The van der Waals surface area contributed by atoms with Gasteiger partial charge in [0.05, 0.1) is 17.5 Å².